The van der Waals surface area contributed by atoms with Crippen LogP contribution in [0.3, 0.4) is 0 Å². The van der Waals surface area contributed by atoms with Crippen molar-refractivity contribution in [1.29, 1.82) is 0 Å². The first-order valence-electron chi connectivity index (χ1n) is 5.48. The lowest BCUT2D eigenvalue weighted by atomic mass is 10.1. The van der Waals surface area contributed by atoms with Crippen LogP contribution in [0.15, 0.2) is 24.3 Å². The van der Waals surface area contributed by atoms with Gasteiger partial charge in [0.1, 0.15) is 5.75 Å². The summed E-state index contributed by atoms with van der Waals surface area (Å²) in [5.41, 5.74) is 0.220. The van der Waals surface area contributed by atoms with Crippen LogP contribution in [0.1, 0.15) is 17.3 Å². The Hall–Kier alpha value is -1.76. The molecular weight excluding hydrogens is 263 g/mol. The fourth-order valence-corrected chi connectivity index (χ4v) is 1.33. The van der Waals surface area contributed by atoms with Crippen molar-refractivity contribution in [2.45, 2.75) is 19.3 Å². The molecule has 4 nitrogen and oxygen atoms in total. The molecule has 19 heavy (non-hydrogen) atoms. The van der Waals surface area contributed by atoms with Crippen LogP contribution in [0.5, 0.6) is 5.75 Å². The van der Waals surface area contributed by atoms with E-state index in [-0.39, 0.29) is 29.9 Å². The Morgan fingerprint density at radius 2 is 1.89 bits per heavy atom. The standard InChI is InChI=1S/C12H14F3NO3/c1-8(7-17)16(2)11(18)9-3-5-10(6-4-9)19-12(13,14)15/h3-6,8,17H,7H2,1-2H3. The Morgan fingerprint density at radius 1 is 1.37 bits per heavy atom. The van der Waals surface area contributed by atoms with Gasteiger partial charge in [0.25, 0.3) is 5.91 Å². The second-order valence-electron chi connectivity index (χ2n) is 4.02. The van der Waals surface area contributed by atoms with Crippen molar-refractivity contribution in [1.82, 2.24) is 4.90 Å². The summed E-state index contributed by atoms with van der Waals surface area (Å²) < 4.78 is 39.6. The minimum atomic E-state index is -4.76. The highest BCUT2D eigenvalue weighted by Crippen LogP contribution is 2.23. The van der Waals surface area contributed by atoms with Crippen molar-refractivity contribution in [3.05, 3.63) is 29.8 Å². The number of benzene rings is 1. The first-order chi connectivity index (χ1) is 8.74. The SMILES string of the molecule is CC(CO)N(C)C(=O)c1ccc(OC(F)(F)F)cc1. The maximum atomic E-state index is 12.0. The second-order valence-corrected chi connectivity index (χ2v) is 4.02. The highest BCUT2D eigenvalue weighted by Gasteiger charge is 2.31. The molecule has 0 radical (unpaired) electrons. The van der Waals surface area contributed by atoms with Gasteiger partial charge in [0.2, 0.25) is 0 Å². The maximum absolute atomic E-state index is 12.0. The van der Waals surface area contributed by atoms with Crippen molar-refractivity contribution in [3.63, 3.8) is 0 Å². The van der Waals surface area contributed by atoms with Gasteiger partial charge in [-0.3, -0.25) is 4.79 Å². The van der Waals surface area contributed by atoms with Crippen molar-refractivity contribution in [2.75, 3.05) is 13.7 Å². The number of hydrogen-bond donors (Lipinski definition) is 1. The monoisotopic (exact) mass is 277 g/mol. The van der Waals surface area contributed by atoms with Crippen molar-refractivity contribution >= 4 is 5.91 Å². The molecule has 1 aromatic rings. The van der Waals surface area contributed by atoms with Crippen molar-refractivity contribution < 1.29 is 27.8 Å². The number of rotatable bonds is 4. The lowest BCUT2D eigenvalue weighted by molar-refractivity contribution is -0.274. The molecule has 0 bridgehead atoms. The molecule has 1 N–H and O–H groups in total. The van der Waals surface area contributed by atoms with Gasteiger partial charge in [-0.05, 0) is 31.2 Å². The number of ether oxygens (including phenoxy) is 1. The molecule has 106 valence electrons. The van der Waals surface area contributed by atoms with Crippen LogP contribution < -0.4 is 4.74 Å². The number of halogens is 3. The molecule has 1 unspecified atom stereocenters. The van der Waals surface area contributed by atoms with Crippen LogP contribution in [-0.4, -0.2) is 42.0 Å². The van der Waals surface area contributed by atoms with E-state index in [1.165, 1.54) is 24.1 Å². The van der Waals surface area contributed by atoms with Gasteiger partial charge in [-0.2, -0.15) is 0 Å². The number of carbonyl (C=O) groups excluding carboxylic acids is 1. The number of likely N-dealkylation sites (N-methyl/N-ethyl adjacent to an activating group) is 1. The molecule has 1 atom stereocenters. The van der Waals surface area contributed by atoms with E-state index >= 15 is 0 Å². The number of alkyl halides is 3. The van der Waals surface area contributed by atoms with Crippen molar-refractivity contribution in [2.24, 2.45) is 0 Å². The quantitative estimate of drug-likeness (QED) is 0.916. The zero-order valence-corrected chi connectivity index (χ0v) is 10.4. The zero-order chi connectivity index (χ0) is 14.6. The van der Waals surface area contributed by atoms with E-state index in [0.717, 1.165) is 12.1 Å². The largest absolute Gasteiger partial charge is 0.573 e. The molecule has 0 aromatic heterocycles. The predicted molar refractivity (Wildman–Crippen MR) is 61.8 cm³/mol. The first kappa shape index (κ1) is 15.3. The maximum Gasteiger partial charge on any atom is 0.573 e. The molecule has 0 saturated heterocycles. The molecule has 7 heteroatoms. The molecule has 0 saturated carbocycles. The summed E-state index contributed by atoms with van der Waals surface area (Å²) in [5, 5.41) is 8.93. The van der Waals surface area contributed by atoms with E-state index in [4.69, 9.17) is 5.11 Å². The van der Waals surface area contributed by atoms with Gasteiger partial charge in [0.05, 0.1) is 12.6 Å². The van der Waals surface area contributed by atoms with Crippen LogP contribution in [0, 0.1) is 0 Å². The third-order valence-corrected chi connectivity index (χ3v) is 2.58. The van der Waals surface area contributed by atoms with E-state index in [1.54, 1.807) is 6.92 Å². The number of aliphatic hydroxyl groups excluding tert-OH is 1. The summed E-state index contributed by atoms with van der Waals surface area (Å²) in [7, 11) is 1.50. The molecule has 0 spiro atoms. The Kier molecular flexibility index (Phi) is 4.77. The Bertz CT molecular complexity index is 431. The topological polar surface area (TPSA) is 49.8 Å². The van der Waals surface area contributed by atoms with Gasteiger partial charge < -0.3 is 14.7 Å². The molecular formula is C12H14F3NO3. The smallest absolute Gasteiger partial charge is 0.406 e. The van der Waals surface area contributed by atoms with Gasteiger partial charge in [0.15, 0.2) is 0 Å². The van der Waals surface area contributed by atoms with Crippen molar-refractivity contribution in [3.8, 4) is 5.75 Å². The highest BCUT2D eigenvalue weighted by atomic mass is 19.4. The molecule has 0 aliphatic heterocycles. The molecule has 0 fully saturated rings. The van der Waals surface area contributed by atoms with Gasteiger partial charge in [-0.1, -0.05) is 0 Å². The summed E-state index contributed by atoms with van der Waals surface area (Å²) in [6.45, 7) is 1.45. The van der Waals surface area contributed by atoms with E-state index in [0.29, 0.717) is 0 Å². The third kappa shape index (κ3) is 4.44. The lowest BCUT2D eigenvalue weighted by Gasteiger charge is -2.23. The molecule has 1 aromatic carbocycles. The summed E-state index contributed by atoms with van der Waals surface area (Å²) in [4.78, 5) is 13.2. The second kappa shape index (κ2) is 5.92. The van der Waals surface area contributed by atoms with E-state index in [2.05, 4.69) is 4.74 Å². The molecule has 0 aliphatic rings. The van der Waals surface area contributed by atoms with Crippen LogP contribution in [0.25, 0.3) is 0 Å². The van der Waals surface area contributed by atoms with Crippen LogP contribution in [-0.2, 0) is 0 Å². The Labute approximate surface area is 108 Å². The van der Waals surface area contributed by atoms with Gasteiger partial charge in [0, 0.05) is 12.6 Å². The fourth-order valence-electron chi connectivity index (χ4n) is 1.33. The molecule has 0 aliphatic carbocycles. The third-order valence-electron chi connectivity index (χ3n) is 2.58. The summed E-state index contributed by atoms with van der Waals surface area (Å²) >= 11 is 0. The predicted octanol–water partition coefficient (Wildman–Crippen LogP) is 2.04. The minimum Gasteiger partial charge on any atom is -0.406 e. The number of carbonyl (C=O) groups is 1. The molecule has 1 rings (SSSR count). The molecule has 1 amide bonds. The Balaban J connectivity index is 2.79. The van der Waals surface area contributed by atoms with Gasteiger partial charge >= 0.3 is 6.36 Å². The summed E-state index contributed by atoms with van der Waals surface area (Å²) in [6, 6.07) is 4.24. The number of amides is 1. The molecule has 0 heterocycles. The van der Waals surface area contributed by atoms with Crippen LogP contribution in [0.2, 0.25) is 0 Å². The number of aliphatic hydroxyl groups is 1. The van der Waals surface area contributed by atoms with E-state index in [9.17, 15) is 18.0 Å². The van der Waals surface area contributed by atoms with Crippen LogP contribution in [0.4, 0.5) is 13.2 Å². The number of nitrogens with zero attached hydrogens (tertiary/aromatic N) is 1. The normalized spacial score (nSPS) is 12.9. The average Bonchev–Trinajstić information content (AvgIpc) is 2.35. The highest BCUT2D eigenvalue weighted by molar-refractivity contribution is 5.94. The number of hydrogen-bond acceptors (Lipinski definition) is 3. The first-order valence-corrected chi connectivity index (χ1v) is 5.48. The average molecular weight is 277 g/mol. The minimum absolute atomic E-state index is 0.197. The zero-order valence-electron chi connectivity index (χ0n) is 10.4. The van der Waals surface area contributed by atoms with E-state index < -0.39 is 6.36 Å². The summed E-state index contributed by atoms with van der Waals surface area (Å²) in [5.74, 6) is -0.776. The summed E-state index contributed by atoms with van der Waals surface area (Å²) in [6.07, 6.45) is -4.76. The Morgan fingerprint density at radius 3 is 2.32 bits per heavy atom. The van der Waals surface area contributed by atoms with Gasteiger partial charge in [-0.15, -0.1) is 13.2 Å². The lowest BCUT2D eigenvalue weighted by Crippen LogP contribution is -2.37. The van der Waals surface area contributed by atoms with Gasteiger partial charge in [-0.25, -0.2) is 0 Å². The van der Waals surface area contributed by atoms with E-state index in [1.807, 2.05) is 0 Å². The fraction of sp³-hybridized carbons (Fsp3) is 0.417. The van der Waals surface area contributed by atoms with Crippen LogP contribution >= 0.6 is 0 Å².